The van der Waals surface area contributed by atoms with E-state index in [1.54, 1.807) is 20.3 Å². The molecule has 2 fully saturated rings. The number of carbonyl (C=O) groups is 2. The van der Waals surface area contributed by atoms with Gasteiger partial charge in [0.15, 0.2) is 0 Å². The second-order valence-corrected chi connectivity index (χ2v) is 11.2. The summed E-state index contributed by atoms with van der Waals surface area (Å²) in [5.74, 6) is 1.65. The zero-order valence-corrected chi connectivity index (χ0v) is 22.9. The van der Waals surface area contributed by atoms with Gasteiger partial charge >= 0.3 is 0 Å². The Balaban J connectivity index is 1.43. The summed E-state index contributed by atoms with van der Waals surface area (Å²) in [5.41, 5.74) is 2.65. The summed E-state index contributed by atoms with van der Waals surface area (Å²) < 4.78 is 10.7. The highest BCUT2D eigenvalue weighted by molar-refractivity contribution is 5.96. The van der Waals surface area contributed by atoms with Gasteiger partial charge in [-0.15, -0.1) is 0 Å². The van der Waals surface area contributed by atoms with E-state index in [4.69, 9.17) is 9.47 Å². The molecule has 1 atom stereocenters. The van der Waals surface area contributed by atoms with E-state index < -0.39 is 0 Å². The third-order valence-electron chi connectivity index (χ3n) is 7.73. The molecule has 1 N–H and O–H groups in total. The van der Waals surface area contributed by atoms with Gasteiger partial charge in [-0.1, -0.05) is 45.7 Å². The van der Waals surface area contributed by atoms with Crippen LogP contribution in [0.2, 0.25) is 0 Å². The van der Waals surface area contributed by atoms with Crippen molar-refractivity contribution in [3.63, 3.8) is 0 Å². The number of methoxy groups -OCH3 is 2. The second kappa shape index (κ2) is 11.5. The van der Waals surface area contributed by atoms with Gasteiger partial charge in [0.25, 0.3) is 5.91 Å². The predicted molar refractivity (Wildman–Crippen MR) is 147 cm³/mol. The molecule has 0 bridgehead atoms. The van der Waals surface area contributed by atoms with Crippen molar-refractivity contribution in [1.29, 1.82) is 0 Å². The van der Waals surface area contributed by atoms with E-state index in [-0.39, 0.29) is 23.3 Å². The molecule has 2 aromatic rings. The molecule has 1 aliphatic heterocycles. The molecule has 2 aromatic carbocycles. The molecule has 2 amide bonds. The molecule has 1 heterocycles. The van der Waals surface area contributed by atoms with Crippen molar-refractivity contribution in [2.24, 2.45) is 5.92 Å². The molecule has 7 heteroatoms. The highest BCUT2D eigenvalue weighted by atomic mass is 16.5. The largest absolute Gasteiger partial charge is 0.497 e. The first kappa shape index (κ1) is 27.0. The number of ether oxygens (including phenoxy) is 2. The van der Waals surface area contributed by atoms with Gasteiger partial charge in [-0.25, -0.2) is 0 Å². The highest BCUT2D eigenvalue weighted by Gasteiger charge is 2.37. The first-order valence-electron chi connectivity index (χ1n) is 13.4. The third-order valence-corrected chi connectivity index (χ3v) is 7.73. The van der Waals surface area contributed by atoms with Crippen molar-refractivity contribution in [1.82, 2.24) is 9.80 Å². The quantitative estimate of drug-likeness (QED) is 0.574. The maximum Gasteiger partial charge on any atom is 0.253 e. The van der Waals surface area contributed by atoms with Gasteiger partial charge in [-0.3, -0.25) is 14.5 Å². The average molecular weight is 508 g/mol. The lowest BCUT2D eigenvalue weighted by Gasteiger charge is -2.40. The molecule has 200 valence electrons. The molecule has 0 unspecified atom stereocenters. The molecule has 1 aliphatic carbocycles. The molecule has 7 nitrogen and oxygen atoms in total. The van der Waals surface area contributed by atoms with Gasteiger partial charge in [0.1, 0.15) is 11.5 Å². The molecule has 0 aromatic heterocycles. The fraction of sp³-hybridized carbons (Fsp3) is 0.533. The van der Waals surface area contributed by atoms with Gasteiger partial charge in [-0.05, 0) is 41.9 Å². The van der Waals surface area contributed by atoms with Crippen LogP contribution in [0.25, 0.3) is 0 Å². The van der Waals surface area contributed by atoms with Crippen molar-refractivity contribution in [2.75, 3.05) is 45.7 Å². The minimum Gasteiger partial charge on any atom is -0.497 e. The number of piperazine rings is 1. The van der Waals surface area contributed by atoms with Crippen LogP contribution in [-0.4, -0.2) is 68.1 Å². The Hall–Kier alpha value is -3.06. The Labute approximate surface area is 221 Å². The minimum absolute atomic E-state index is 0.000230. The molecule has 2 aliphatic rings. The second-order valence-electron chi connectivity index (χ2n) is 11.2. The van der Waals surface area contributed by atoms with Crippen LogP contribution in [0.3, 0.4) is 0 Å². The lowest BCUT2D eigenvalue weighted by Crippen LogP contribution is -2.56. The van der Waals surface area contributed by atoms with E-state index >= 15 is 0 Å². The average Bonchev–Trinajstić information content (AvgIpc) is 3.42. The number of rotatable bonds is 7. The minimum atomic E-state index is -0.219. The van der Waals surface area contributed by atoms with Crippen molar-refractivity contribution in [3.05, 3.63) is 53.6 Å². The normalized spacial score (nSPS) is 17.9. The fourth-order valence-electron chi connectivity index (χ4n) is 5.55. The number of benzene rings is 2. The summed E-state index contributed by atoms with van der Waals surface area (Å²) in [6, 6.07) is 13.2. The molecule has 0 radical (unpaired) electrons. The number of carbonyl (C=O) groups excluding carboxylic acids is 2. The fourth-order valence-corrected chi connectivity index (χ4v) is 5.55. The topological polar surface area (TPSA) is 71.1 Å². The van der Waals surface area contributed by atoms with Crippen LogP contribution in [-0.2, 0) is 10.2 Å². The Morgan fingerprint density at radius 3 is 1.97 bits per heavy atom. The monoisotopic (exact) mass is 507 g/mol. The summed E-state index contributed by atoms with van der Waals surface area (Å²) in [5, 5.41) is 3.12. The van der Waals surface area contributed by atoms with Crippen LogP contribution in [0.1, 0.15) is 62.4 Å². The lowest BCUT2D eigenvalue weighted by molar-refractivity contribution is -0.123. The van der Waals surface area contributed by atoms with Crippen LogP contribution in [0, 0.1) is 5.92 Å². The number of nitrogens with one attached hydrogen (secondary N) is 1. The van der Waals surface area contributed by atoms with Crippen molar-refractivity contribution < 1.29 is 19.1 Å². The number of anilines is 1. The van der Waals surface area contributed by atoms with Gasteiger partial charge in [0, 0.05) is 55.6 Å². The SMILES string of the molecule is COc1cc(NC(=O)[C@@H](C2CCCC2)N2CCN(C(=O)c3ccc(C(C)(C)C)cc3)CC2)cc(OC)c1. The zero-order chi connectivity index (χ0) is 26.6. The van der Waals surface area contributed by atoms with E-state index in [0.29, 0.717) is 49.3 Å². The maximum atomic E-state index is 13.6. The number of hydrogen-bond donors (Lipinski definition) is 1. The molecule has 1 saturated carbocycles. The molecule has 37 heavy (non-hydrogen) atoms. The van der Waals surface area contributed by atoms with Gasteiger partial charge in [0.2, 0.25) is 5.91 Å². The van der Waals surface area contributed by atoms with Crippen LogP contribution in [0.5, 0.6) is 11.5 Å². The molecular formula is C30H41N3O4. The van der Waals surface area contributed by atoms with E-state index in [1.165, 1.54) is 5.56 Å². The number of amides is 2. The van der Waals surface area contributed by atoms with Crippen molar-refractivity contribution in [2.45, 2.75) is 57.9 Å². The summed E-state index contributed by atoms with van der Waals surface area (Å²) in [4.78, 5) is 31.0. The zero-order valence-electron chi connectivity index (χ0n) is 22.9. The van der Waals surface area contributed by atoms with Crippen molar-refractivity contribution in [3.8, 4) is 11.5 Å². The van der Waals surface area contributed by atoms with Crippen LogP contribution in [0.4, 0.5) is 5.69 Å². The van der Waals surface area contributed by atoms with Crippen molar-refractivity contribution >= 4 is 17.5 Å². The van der Waals surface area contributed by atoms with Crippen LogP contribution in [0.15, 0.2) is 42.5 Å². The third kappa shape index (κ3) is 6.45. The Morgan fingerprint density at radius 2 is 1.46 bits per heavy atom. The standard InChI is InChI=1S/C30H41N3O4/c1-30(2,3)23-12-10-22(11-13-23)29(35)33-16-14-32(15-17-33)27(21-8-6-7-9-21)28(34)31-24-18-25(36-4)20-26(19-24)37-5/h10-13,18-21,27H,6-9,14-17H2,1-5H3,(H,31,34)/t27-/m1/s1. The number of nitrogens with zero attached hydrogens (tertiary/aromatic N) is 2. The summed E-state index contributed by atoms with van der Waals surface area (Å²) in [7, 11) is 3.20. The maximum absolute atomic E-state index is 13.6. The van der Waals surface area contributed by atoms with Crippen LogP contribution < -0.4 is 14.8 Å². The van der Waals surface area contributed by atoms with Crippen LogP contribution >= 0.6 is 0 Å². The lowest BCUT2D eigenvalue weighted by atomic mass is 9.86. The van der Waals surface area contributed by atoms with E-state index in [1.807, 2.05) is 29.2 Å². The van der Waals surface area contributed by atoms with E-state index in [0.717, 1.165) is 31.2 Å². The molecular weight excluding hydrogens is 466 g/mol. The Kier molecular flexibility index (Phi) is 8.42. The van der Waals surface area contributed by atoms with Gasteiger partial charge < -0.3 is 19.7 Å². The predicted octanol–water partition coefficient (Wildman–Crippen LogP) is 4.96. The highest BCUT2D eigenvalue weighted by Crippen LogP contribution is 2.33. The first-order valence-corrected chi connectivity index (χ1v) is 13.4. The summed E-state index contributed by atoms with van der Waals surface area (Å²) in [6.45, 7) is 9.11. The van der Waals surface area contributed by atoms with Gasteiger partial charge in [-0.2, -0.15) is 0 Å². The Bertz CT molecular complexity index is 1060. The smallest absolute Gasteiger partial charge is 0.253 e. The Morgan fingerprint density at radius 1 is 0.892 bits per heavy atom. The molecule has 1 saturated heterocycles. The van der Waals surface area contributed by atoms with Gasteiger partial charge in [0.05, 0.1) is 20.3 Å². The van der Waals surface area contributed by atoms with E-state index in [9.17, 15) is 9.59 Å². The summed E-state index contributed by atoms with van der Waals surface area (Å²) >= 11 is 0. The molecule has 0 spiro atoms. The number of hydrogen-bond acceptors (Lipinski definition) is 5. The van der Waals surface area contributed by atoms with E-state index in [2.05, 4.69) is 43.1 Å². The molecule has 4 rings (SSSR count). The summed E-state index contributed by atoms with van der Waals surface area (Å²) in [6.07, 6.45) is 4.42. The first-order chi connectivity index (χ1) is 17.7.